The normalized spacial score (nSPS) is 14.9. The zero-order valence-electron chi connectivity index (χ0n) is 12.7. The van der Waals surface area contributed by atoms with Crippen molar-refractivity contribution in [1.29, 1.82) is 0 Å². The molecule has 1 saturated heterocycles. The van der Waals surface area contributed by atoms with E-state index in [0.29, 0.717) is 5.69 Å². The van der Waals surface area contributed by atoms with Crippen LogP contribution < -0.4 is 10.3 Å². The third-order valence-corrected chi connectivity index (χ3v) is 3.55. The molecule has 23 heavy (non-hydrogen) atoms. The molecule has 0 spiro atoms. The van der Waals surface area contributed by atoms with Gasteiger partial charge in [-0.05, 0) is 29.8 Å². The van der Waals surface area contributed by atoms with Crippen molar-refractivity contribution in [1.82, 2.24) is 10.4 Å². The van der Waals surface area contributed by atoms with E-state index in [4.69, 9.17) is 4.74 Å². The number of hydrogen-bond acceptors (Lipinski definition) is 5. The smallest absolute Gasteiger partial charge is 0.289 e. The Morgan fingerprint density at radius 3 is 2.65 bits per heavy atom. The first-order valence-electron chi connectivity index (χ1n) is 7.50. The lowest BCUT2D eigenvalue weighted by Crippen LogP contribution is -2.36. The number of anilines is 1. The lowest BCUT2D eigenvalue weighted by Gasteiger charge is -2.28. The largest absolute Gasteiger partial charge is 0.378 e. The van der Waals surface area contributed by atoms with Gasteiger partial charge in [0.15, 0.2) is 0 Å². The van der Waals surface area contributed by atoms with E-state index in [2.05, 4.69) is 20.4 Å². The molecule has 1 aliphatic rings. The highest BCUT2D eigenvalue weighted by molar-refractivity contribution is 5.93. The second-order valence-corrected chi connectivity index (χ2v) is 5.11. The molecule has 0 atom stereocenters. The van der Waals surface area contributed by atoms with Crippen LogP contribution in [-0.4, -0.2) is 43.4 Å². The van der Waals surface area contributed by atoms with Gasteiger partial charge in [-0.1, -0.05) is 18.2 Å². The molecule has 0 saturated carbocycles. The van der Waals surface area contributed by atoms with E-state index in [1.165, 1.54) is 5.69 Å². The Bertz CT molecular complexity index is 665. The van der Waals surface area contributed by atoms with E-state index in [1.54, 1.807) is 30.6 Å². The summed E-state index contributed by atoms with van der Waals surface area (Å²) < 4.78 is 5.35. The van der Waals surface area contributed by atoms with Crippen molar-refractivity contribution in [2.75, 3.05) is 31.2 Å². The summed E-state index contributed by atoms with van der Waals surface area (Å²) in [7, 11) is 0. The van der Waals surface area contributed by atoms with Crippen LogP contribution in [-0.2, 0) is 4.74 Å². The Balaban J connectivity index is 1.56. The maximum atomic E-state index is 11.8. The number of aromatic nitrogens is 1. The van der Waals surface area contributed by atoms with Crippen molar-refractivity contribution in [3.8, 4) is 0 Å². The number of nitrogens with one attached hydrogen (secondary N) is 1. The van der Waals surface area contributed by atoms with Crippen molar-refractivity contribution in [3.05, 3.63) is 59.9 Å². The van der Waals surface area contributed by atoms with E-state index in [1.807, 2.05) is 24.3 Å². The molecular formula is C17H18N4O2. The van der Waals surface area contributed by atoms with Gasteiger partial charge in [-0.2, -0.15) is 5.10 Å². The van der Waals surface area contributed by atoms with E-state index in [9.17, 15) is 4.79 Å². The second-order valence-electron chi connectivity index (χ2n) is 5.11. The molecule has 118 valence electrons. The van der Waals surface area contributed by atoms with Crippen molar-refractivity contribution >= 4 is 17.8 Å². The predicted molar refractivity (Wildman–Crippen MR) is 88.8 cm³/mol. The summed E-state index contributed by atoms with van der Waals surface area (Å²) in [5.41, 5.74) is 4.90. The van der Waals surface area contributed by atoms with Gasteiger partial charge in [0.25, 0.3) is 5.91 Å². The zero-order valence-corrected chi connectivity index (χ0v) is 12.7. The van der Waals surface area contributed by atoms with Gasteiger partial charge in [0.05, 0.1) is 19.4 Å². The molecule has 6 nitrogen and oxygen atoms in total. The number of rotatable bonds is 4. The Kier molecular flexibility index (Phi) is 4.95. The molecule has 1 N–H and O–H groups in total. The first-order chi connectivity index (χ1) is 11.3. The fourth-order valence-electron chi connectivity index (χ4n) is 2.31. The van der Waals surface area contributed by atoms with Gasteiger partial charge >= 0.3 is 0 Å². The second kappa shape index (κ2) is 7.51. The standard InChI is InChI=1S/C17H18N4O2/c22-17(16-3-1-2-8-18-16)20-19-13-14-4-6-15(7-5-14)21-9-11-23-12-10-21/h1-8,13H,9-12H2,(H,20,22). The van der Waals surface area contributed by atoms with Gasteiger partial charge < -0.3 is 9.64 Å². The van der Waals surface area contributed by atoms with Crippen molar-refractivity contribution in [2.45, 2.75) is 0 Å². The number of morpholine rings is 1. The molecule has 1 amide bonds. The molecule has 1 aromatic carbocycles. The maximum Gasteiger partial charge on any atom is 0.289 e. The summed E-state index contributed by atoms with van der Waals surface area (Å²) in [6.07, 6.45) is 3.19. The van der Waals surface area contributed by atoms with Crippen molar-refractivity contribution in [3.63, 3.8) is 0 Å². The Labute approximate surface area is 134 Å². The average Bonchev–Trinajstić information content (AvgIpc) is 2.64. The number of ether oxygens (including phenoxy) is 1. The van der Waals surface area contributed by atoms with Crippen LogP contribution in [0.5, 0.6) is 0 Å². The third-order valence-electron chi connectivity index (χ3n) is 3.55. The molecular weight excluding hydrogens is 292 g/mol. The average molecular weight is 310 g/mol. The zero-order chi connectivity index (χ0) is 15.9. The lowest BCUT2D eigenvalue weighted by molar-refractivity contribution is 0.0950. The molecule has 0 unspecified atom stereocenters. The monoisotopic (exact) mass is 310 g/mol. The molecule has 2 heterocycles. The first-order valence-corrected chi connectivity index (χ1v) is 7.50. The summed E-state index contributed by atoms with van der Waals surface area (Å²) in [5, 5.41) is 3.96. The maximum absolute atomic E-state index is 11.8. The number of amides is 1. The molecule has 0 bridgehead atoms. The highest BCUT2D eigenvalue weighted by Gasteiger charge is 2.10. The van der Waals surface area contributed by atoms with Gasteiger partial charge in [-0.15, -0.1) is 0 Å². The van der Waals surface area contributed by atoms with Crippen LogP contribution >= 0.6 is 0 Å². The van der Waals surface area contributed by atoms with E-state index in [-0.39, 0.29) is 5.91 Å². The number of carbonyl (C=O) groups is 1. The number of hydrazone groups is 1. The fourth-order valence-corrected chi connectivity index (χ4v) is 2.31. The topological polar surface area (TPSA) is 66.8 Å². The molecule has 0 aliphatic carbocycles. The lowest BCUT2D eigenvalue weighted by atomic mass is 10.2. The quantitative estimate of drug-likeness (QED) is 0.689. The summed E-state index contributed by atoms with van der Waals surface area (Å²) in [5.74, 6) is -0.327. The van der Waals surface area contributed by atoms with Crippen LogP contribution in [0.3, 0.4) is 0 Å². The molecule has 0 radical (unpaired) electrons. The van der Waals surface area contributed by atoms with Crippen LogP contribution in [0.4, 0.5) is 5.69 Å². The third kappa shape index (κ3) is 4.14. The van der Waals surface area contributed by atoms with E-state index in [0.717, 1.165) is 31.9 Å². The molecule has 1 aliphatic heterocycles. The Morgan fingerprint density at radius 1 is 1.17 bits per heavy atom. The van der Waals surface area contributed by atoms with E-state index < -0.39 is 0 Å². The first kappa shape index (κ1) is 15.2. The van der Waals surface area contributed by atoms with Gasteiger partial charge in [0.1, 0.15) is 5.69 Å². The van der Waals surface area contributed by atoms with Gasteiger partial charge in [-0.3, -0.25) is 9.78 Å². The van der Waals surface area contributed by atoms with Gasteiger partial charge in [0, 0.05) is 25.0 Å². The molecule has 3 rings (SSSR count). The number of carbonyl (C=O) groups excluding carboxylic acids is 1. The molecule has 1 fully saturated rings. The van der Waals surface area contributed by atoms with Crippen LogP contribution in [0.15, 0.2) is 53.8 Å². The molecule has 6 heteroatoms. The minimum absolute atomic E-state index is 0.327. The summed E-state index contributed by atoms with van der Waals surface area (Å²) in [6.45, 7) is 3.35. The van der Waals surface area contributed by atoms with Crippen LogP contribution in [0, 0.1) is 0 Å². The highest BCUT2D eigenvalue weighted by atomic mass is 16.5. The SMILES string of the molecule is O=C(NN=Cc1ccc(N2CCOCC2)cc1)c1ccccn1. The highest BCUT2D eigenvalue weighted by Crippen LogP contribution is 2.15. The van der Waals surface area contributed by atoms with Gasteiger partial charge in [-0.25, -0.2) is 5.43 Å². The molecule has 2 aromatic rings. The number of nitrogens with zero attached hydrogens (tertiary/aromatic N) is 3. The summed E-state index contributed by atoms with van der Waals surface area (Å²) in [6, 6.07) is 13.2. The van der Waals surface area contributed by atoms with E-state index >= 15 is 0 Å². The minimum atomic E-state index is -0.327. The van der Waals surface area contributed by atoms with Crippen molar-refractivity contribution < 1.29 is 9.53 Å². The minimum Gasteiger partial charge on any atom is -0.378 e. The van der Waals surface area contributed by atoms with Crippen LogP contribution in [0.1, 0.15) is 16.1 Å². The number of benzene rings is 1. The Morgan fingerprint density at radius 2 is 1.96 bits per heavy atom. The number of hydrogen-bond donors (Lipinski definition) is 1. The number of pyridine rings is 1. The molecule has 1 aromatic heterocycles. The fraction of sp³-hybridized carbons (Fsp3) is 0.235. The summed E-state index contributed by atoms with van der Waals surface area (Å²) in [4.78, 5) is 18.0. The van der Waals surface area contributed by atoms with Crippen molar-refractivity contribution in [2.24, 2.45) is 5.10 Å². The summed E-state index contributed by atoms with van der Waals surface area (Å²) >= 11 is 0. The van der Waals surface area contributed by atoms with Gasteiger partial charge in [0.2, 0.25) is 0 Å². The van der Waals surface area contributed by atoms with Crippen LogP contribution in [0.2, 0.25) is 0 Å². The Hall–Kier alpha value is -2.73. The predicted octanol–water partition coefficient (Wildman–Crippen LogP) is 1.68. The van der Waals surface area contributed by atoms with Crippen LogP contribution in [0.25, 0.3) is 0 Å².